The molecular weight excluding hydrogens is 1010 g/mol. The van der Waals surface area contributed by atoms with Crippen LogP contribution in [0.25, 0.3) is 10.8 Å². The van der Waals surface area contributed by atoms with Gasteiger partial charge >= 0.3 is 20.8 Å². The van der Waals surface area contributed by atoms with Gasteiger partial charge in [-0.05, 0) is 48.5 Å². The van der Waals surface area contributed by atoms with Crippen molar-refractivity contribution in [2.45, 2.75) is 19.6 Å². The molecular formula is C34H33N5O21S6. The van der Waals surface area contributed by atoms with Crippen molar-refractivity contribution in [1.82, 2.24) is 0 Å². The number of phenolic OH excluding ortho intramolecular Hbond substituents is 1. The van der Waals surface area contributed by atoms with Gasteiger partial charge in [0.05, 0.1) is 49.5 Å². The maximum absolute atomic E-state index is 13.1. The molecule has 32 heteroatoms. The molecule has 6 N–H and O–H groups in total. The molecule has 0 aliphatic heterocycles. The number of hydrogen-bond donors (Lipinski definition) is 6. The van der Waals surface area contributed by atoms with Gasteiger partial charge in [0.25, 0.3) is 20.2 Å². The van der Waals surface area contributed by atoms with Crippen LogP contribution in [0.3, 0.4) is 0 Å². The van der Waals surface area contributed by atoms with Crippen LogP contribution in [0.1, 0.15) is 0 Å². The third-order valence-electron chi connectivity index (χ3n) is 8.59. The number of rotatable bonds is 20. The Morgan fingerprint density at radius 2 is 1.09 bits per heavy atom. The molecule has 26 nitrogen and oxygen atoms in total. The van der Waals surface area contributed by atoms with Crippen LogP contribution in [0.5, 0.6) is 17.2 Å². The largest absolute Gasteiger partial charge is 0.505 e. The van der Waals surface area contributed by atoms with Gasteiger partial charge in [-0.25, -0.2) is 25.2 Å². The second-order valence-electron chi connectivity index (χ2n) is 12.9. The van der Waals surface area contributed by atoms with Gasteiger partial charge in [-0.2, -0.15) is 33.7 Å². The highest BCUT2D eigenvalue weighted by Gasteiger charge is 2.28. The van der Waals surface area contributed by atoms with E-state index in [9.17, 15) is 64.7 Å². The molecule has 0 aromatic heterocycles. The number of anilines is 2. The topological polar surface area (TPSA) is 404 Å². The van der Waals surface area contributed by atoms with Crippen molar-refractivity contribution in [1.29, 1.82) is 0 Å². The van der Waals surface area contributed by atoms with Gasteiger partial charge in [0.15, 0.2) is 25.4 Å². The van der Waals surface area contributed by atoms with Crippen LogP contribution in [0.2, 0.25) is 0 Å². The van der Waals surface area contributed by atoms with Gasteiger partial charge in [-0.15, -0.1) is 20.5 Å². The first-order valence-electron chi connectivity index (χ1n) is 17.6. The van der Waals surface area contributed by atoms with Crippen molar-refractivity contribution in [2.75, 3.05) is 44.3 Å². The minimum absolute atomic E-state index is 0.00428. The molecule has 0 bridgehead atoms. The fraction of sp³-hybridized carbons (Fsp3) is 0.176. The molecule has 0 spiro atoms. The Hall–Kier alpha value is -5.78. The molecule has 0 aliphatic rings. The normalized spacial score (nSPS) is 13.1. The van der Waals surface area contributed by atoms with Crippen molar-refractivity contribution in [3.63, 3.8) is 0 Å². The summed E-state index contributed by atoms with van der Waals surface area (Å²) >= 11 is 0. The summed E-state index contributed by atoms with van der Waals surface area (Å²) in [6.07, 6.45) is 0. The van der Waals surface area contributed by atoms with Gasteiger partial charge in [0.2, 0.25) is 0 Å². The van der Waals surface area contributed by atoms with Crippen molar-refractivity contribution in [3.05, 3.63) is 78.9 Å². The monoisotopic (exact) mass is 1040 g/mol. The minimum Gasteiger partial charge on any atom is -0.505 e. The fourth-order valence-corrected chi connectivity index (χ4v) is 10.2. The lowest BCUT2D eigenvalue weighted by atomic mass is 10.0. The van der Waals surface area contributed by atoms with E-state index < -0.39 is 128 Å². The van der Waals surface area contributed by atoms with Gasteiger partial charge in [0, 0.05) is 28.6 Å². The molecule has 356 valence electrons. The van der Waals surface area contributed by atoms with E-state index in [1.54, 1.807) is 30.3 Å². The minimum atomic E-state index is -5.38. The van der Waals surface area contributed by atoms with E-state index in [1.165, 1.54) is 12.1 Å². The number of nitrogens with one attached hydrogen (secondary N) is 1. The number of fused-ring (bicyclic) bond motifs is 1. The number of benzene rings is 5. The Morgan fingerprint density at radius 3 is 1.65 bits per heavy atom. The molecule has 0 unspecified atom stereocenters. The zero-order chi connectivity index (χ0) is 49.0. The number of phenols is 1. The molecule has 5 aromatic carbocycles. The van der Waals surface area contributed by atoms with Gasteiger partial charge in [-0.1, -0.05) is 18.2 Å². The third kappa shape index (κ3) is 12.8. The Bertz CT molecular complexity index is 3460. The quantitative estimate of drug-likeness (QED) is 0.0449. The summed E-state index contributed by atoms with van der Waals surface area (Å²) in [5, 5.41) is 29.7. The molecule has 66 heavy (non-hydrogen) atoms. The molecule has 0 aliphatic carbocycles. The Kier molecular flexibility index (Phi) is 15.2. The zero-order valence-corrected chi connectivity index (χ0v) is 38.2. The summed E-state index contributed by atoms with van der Waals surface area (Å²) in [6.45, 7) is -2.07. The van der Waals surface area contributed by atoms with Gasteiger partial charge in [0.1, 0.15) is 48.9 Å². The Labute approximate surface area is 375 Å². The lowest BCUT2D eigenvalue weighted by Gasteiger charge is -2.15. The fourth-order valence-electron chi connectivity index (χ4n) is 5.67. The standard InChI is InChI=1S/C34H33N5O21S6/c1-57-27-19-30(62(43,44)15-13-60-66(54,55)56)28(58-2)18-26(27)37-39-33-31(64(48,49)50)17-23-22(34(33)40)9-11-25(35-20-6-4-3-5-7-20)32(23)38-36-24-10-8-21(16-29(24)63(45,46)47)61(41,42)14-12-59-65(51,52)53/h3-11,16-19,35,40H,12-15H2,1-2H3,(H,45,46,47)(H,48,49,50)(H,51,52,53)(H,54,55,56). The summed E-state index contributed by atoms with van der Waals surface area (Å²) in [7, 11) is -27.6. The number of para-hydroxylation sites is 1. The summed E-state index contributed by atoms with van der Waals surface area (Å²) in [5.41, 5.74) is -1.92. The third-order valence-corrected chi connectivity index (χ3v) is 14.6. The number of methoxy groups -OCH3 is 2. The van der Waals surface area contributed by atoms with Crippen LogP contribution in [0.15, 0.2) is 119 Å². The number of hydrogen-bond acceptors (Lipinski definition) is 22. The molecule has 0 saturated heterocycles. The SMILES string of the molecule is COc1cc(S(=O)(=O)CCOS(=O)(=O)O)c(OC)cc1N=Nc1c(S(=O)(=O)O)cc2c(N=Nc3ccc(S(=O)(=O)CCOS(=O)(=O)O)cc3S(=O)(=O)O)c(Nc3ccccc3)ccc2c1O. The van der Waals surface area contributed by atoms with E-state index in [1.807, 2.05) is 0 Å². The van der Waals surface area contributed by atoms with Crippen molar-refractivity contribution in [2.24, 2.45) is 20.5 Å². The maximum atomic E-state index is 13.1. The predicted octanol–water partition coefficient (Wildman–Crippen LogP) is 4.82. The lowest BCUT2D eigenvalue weighted by Crippen LogP contribution is -2.16. The first-order chi connectivity index (χ1) is 30.5. The summed E-state index contributed by atoms with van der Waals surface area (Å²) in [5.74, 6) is -3.78. The highest BCUT2D eigenvalue weighted by atomic mass is 32.3. The molecule has 5 aromatic rings. The molecule has 0 radical (unpaired) electrons. The first-order valence-corrected chi connectivity index (χ1v) is 26.5. The van der Waals surface area contributed by atoms with Gasteiger partial charge in [-0.3, -0.25) is 18.2 Å². The average molecular weight is 1040 g/mol. The van der Waals surface area contributed by atoms with E-state index >= 15 is 0 Å². The number of aromatic hydroxyl groups is 1. The lowest BCUT2D eigenvalue weighted by molar-refractivity contribution is 0.282. The zero-order valence-electron chi connectivity index (χ0n) is 33.3. The van der Waals surface area contributed by atoms with Crippen LogP contribution in [-0.2, 0) is 69.1 Å². The number of ether oxygens (including phenoxy) is 2. The highest BCUT2D eigenvalue weighted by molar-refractivity contribution is 7.92. The molecule has 0 atom stereocenters. The summed E-state index contributed by atoms with van der Waals surface area (Å²) < 4.78 is 203. The molecule has 0 saturated carbocycles. The van der Waals surface area contributed by atoms with Crippen molar-refractivity contribution < 1.29 is 91.7 Å². The summed E-state index contributed by atoms with van der Waals surface area (Å²) in [4.78, 5) is -3.58. The van der Waals surface area contributed by atoms with Crippen LogP contribution in [-0.4, -0.2) is 113 Å². The van der Waals surface area contributed by atoms with Gasteiger partial charge < -0.3 is 19.9 Å². The smallest absolute Gasteiger partial charge is 0.397 e. The Balaban J connectivity index is 1.68. The molecule has 0 heterocycles. The molecule has 5 rings (SSSR count). The number of nitrogens with zero attached hydrogens (tertiary/aromatic N) is 4. The van der Waals surface area contributed by atoms with Crippen LogP contribution in [0.4, 0.5) is 34.1 Å². The van der Waals surface area contributed by atoms with Crippen LogP contribution < -0.4 is 14.8 Å². The van der Waals surface area contributed by atoms with Crippen LogP contribution >= 0.6 is 0 Å². The Morgan fingerprint density at radius 1 is 0.530 bits per heavy atom. The second kappa shape index (κ2) is 19.6. The predicted molar refractivity (Wildman–Crippen MR) is 228 cm³/mol. The van der Waals surface area contributed by atoms with Crippen molar-refractivity contribution in [3.8, 4) is 17.2 Å². The maximum Gasteiger partial charge on any atom is 0.397 e. The van der Waals surface area contributed by atoms with E-state index in [4.69, 9.17) is 18.6 Å². The number of sulfone groups is 2. The summed E-state index contributed by atoms with van der Waals surface area (Å²) in [6, 6.07) is 15.4. The molecule has 0 amide bonds. The van der Waals surface area contributed by atoms with E-state index in [2.05, 4.69) is 34.1 Å². The second-order valence-corrected chi connectivity index (χ2v) is 22.1. The highest BCUT2D eigenvalue weighted by Crippen LogP contribution is 2.48. The first kappa shape index (κ1) is 51.2. The number of azo groups is 2. The van der Waals surface area contributed by atoms with E-state index in [-0.39, 0.29) is 33.6 Å². The van der Waals surface area contributed by atoms with E-state index in [0.717, 1.165) is 44.6 Å². The average Bonchev–Trinajstić information content (AvgIpc) is 3.20. The van der Waals surface area contributed by atoms with Crippen LogP contribution in [0, 0.1) is 0 Å². The molecule has 0 fully saturated rings. The van der Waals surface area contributed by atoms with Crippen molar-refractivity contribution >= 4 is 106 Å². The van der Waals surface area contributed by atoms with E-state index in [0.29, 0.717) is 11.8 Å².